The normalized spacial score (nSPS) is 26.6. The molecule has 5 heteroatoms. The lowest BCUT2D eigenvalue weighted by atomic mass is 9.76. The minimum Gasteiger partial charge on any atom is -0.480 e. The number of nitrogens with zero attached hydrogens (tertiary/aromatic N) is 1. The summed E-state index contributed by atoms with van der Waals surface area (Å²) in [5.41, 5.74) is -0.339. The van der Waals surface area contributed by atoms with Crippen molar-refractivity contribution in [3.8, 4) is 0 Å². The fourth-order valence-electron chi connectivity index (χ4n) is 3.77. The Morgan fingerprint density at radius 2 is 1.95 bits per heavy atom. The maximum atomic E-state index is 12.5. The summed E-state index contributed by atoms with van der Waals surface area (Å²) < 4.78 is 0. The molecule has 0 aromatic rings. The Morgan fingerprint density at radius 3 is 2.57 bits per heavy atom. The predicted molar refractivity (Wildman–Crippen MR) is 81.0 cm³/mol. The van der Waals surface area contributed by atoms with Gasteiger partial charge in [0.05, 0.1) is 0 Å². The van der Waals surface area contributed by atoms with Crippen LogP contribution in [-0.4, -0.2) is 47.6 Å². The van der Waals surface area contributed by atoms with Crippen LogP contribution in [0.5, 0.6) is 0 Å². The van der Waals surface area contributed by atoms with E-state index in [0.29, 0.717) is 18.9 Å². The molecule has 0 aliphatic carbocycles. The molecular formula is C16H28N2O3. The topological polar surface area (TPSA) is 69.6 Å². The molecule has 1 atom stereocenters. The second kappa shape index (κ2) is 6.77. The lowest BCUT2D eigenvalue weighted by Gasteiger charge is -2.44. The zero-order valence-corrected chi connectivity index (χ0v) is 13.2. The second-order valence-electron chi connectivity index (χ2n) is 7.15. The van der Waals surface area contributed by atoms with E-state index in [0.717, 1.165) is 45.2 Å². The van der Waals surface area contributed by atoms with E-state index in [1.807, 2.05) is 13.8 Å². The Kier molecular flexibility index (Phi) is 5.25. The number of carboxylic acids is 1. The number of amides is 1. The molecule has 2 N–H and O–H groups in total. The molecular weight excluding hydrogens is 268 g/mol. The maximum absolute atomic E-state index is 12.5. The summed E-state index contributed by atoms with van der Waals surface area (Å²) in [6.07, 6.45) is 5.40. The van der Waals surface area contributed by atoms with E-state index < -0.39 is 12.0 Å². The van der Waals surface area contributed by atoms with Crippen molar-refractivity contribution in [1.29, 1.82) is 0 Å². The zero-order valence-electron chi connectivity index (χ0n) is 13.2. The van der Waals surface area contributed by atoms with Crippen LogP contribution in [0.3, 0.4) is 0 Å². The highest BCUT2D eigenvalue weighted by molar-refractivity contribution is 5.84. The van der Waals surface area contributed by atoms with Crippen LogP contribution in [0.1, 0.15) is 52.4 Å². The van der Waals surface area contributed by atoms with Gasteiger partial charge in [-0.15, -0.1) is 0 Å². The van der Waals surface area contributed by atoms with Crippen LogP contribution in [0.25, 0.3) is 0 Å². The average molecular weight is 296 g/mol. The van der Waals surface area contributed by atoms with Gasteiger partial charge in [-0.05, 0) is 56.5 Å². The van der Waals surface area contributed by atoms with Crippen LogP contribution in [-0.2, 0) is 9.59 Å². The second-order valence-corrected chi connectivity index (χ2v) is 7.15. The number of likely N-dealkylation sites (tertiary alicyclic amines) is 1. The van der Waals surface area contributed by atoms with Gasteiger partial charge >= 0.3 is 5.97 Å². The van der Waals surface area contributed by atoms with Crippen molar-refractivity contribution >= 4 is 11.9 Å². The Bertz CT molecular complexity index is 389. The summed E-state index contributed by atoms with van der Waals surface area (Å²) in [7, 11) is 0. The minimum atomic E-state index is -0.866. The van der Waals surface area contributed by atoms with Gasteiger partial charge < -0.3 is 15.3 Å². The number of carboxylic acid groups (broad SMARTS) is 1. The third-order valence-corrected chi connectivity index (χ3v) is 5.05. The molecule has 2 aliphatic heterocycles. The molecule has 1 unspecified atom stereocenters. The van der Waals surface area contributed by atoms with E-state index >= 15 is 0 Å². The van der Waals surface area contributed by atoms with Crippen molar-refractivity contribution < 1.29 is 14.7 Å². The molecule has 2 saturated heterocycles. The molecule has 0 bridgehead atoms. The first-order chi connectivity index (χ1) is 9.92. The first-order valence-electron chi connectivity index (χ1n) is 8.15. The number of hydrogen-bond acceptors (Lipinski definition) is 3. The van der Waals surface area contributed by atoms with Crippen LogP contribution in [0.15, 0.2) is 0 Å². The summed E-state index contributed by atoms with van der Waals surface area (Å²) in [6.45, 7) is 6.57. The van der Waals surface area contributed by atoms with E-state index in [2.05, 4.69) is 5.32 Å². The highest BCUT2D eigenvalue weighted by Crippen LogP contribution is 2.36. The Morgan fingerprint density at radius 1 is 1.29 bits per heavy atom. The van der Waals surface area contributed by atoms with Gasteiger partial charge in [0.15, 0.2) is 0 Å². The Balaban J connectivity index is 1.94. The maximum Gasteiger partial charge on any atom is 0.326 e. The molecule has 0 radical (unpaired) electrons. The fourth-order valence-corrected chi connectivity index (χ4v) is 3.77. The lowest BCUT2D eigenvalue weighted by Crippen LogP contribution is -2.56. The number of piperidine rings is 2. The third-order valence-electron chi connectivity index (χ3n) is 5.05. The van der Waals surface area contributed by atoms with E-state index in [1.165, 1.54) is 0 Å². The Labute approximate surface area is 127 Å². The first-order valence-corrected chi connectivity index (χ1v) is 8.15. The van der Waals surface area contributed by atoms with Crippen molar-refractivity contribution in [2.45, 2.75) is 58.4 Å². The summed E-state index contributed by atoms with van der Waals surface area (Å²) >= 11 is 0. The van der Waals surface area contributed by atoms with E-state index in [1.54, 1.807) is 4.90 Å². The molecule has 120 valence electrons. The average Bonchev–Trinajstić information content (AvgIpc) is 2.44. The molecule has 0 saturated carbocycles. The molecule has 1 amide bonds. The molecule has 0 aromatic carbocycles. The van der Waals surface area contributed by atoms with Crippen LogP contribution < -0.4 is 5.32 Å². The van der Waals surface area contributed by atoms with E-state index in [9.17, 15) is 14.7 Å². The number of aliphatic carboxylic acids is 1. The van der Waals surface area contributed by atoms with E-state index in [4.69, 9.17) is 0 Å². The van der Waals surface area contributed by atoms with Gasteiger partial charge in [-0.25, -0.2) is 4.79 Å². The van der Waals surface area contributed by atoms with Crippen molar-refractivity contribution in [3.05, 3.63) is 0 Å². The number of carbonyl (C=O) groups is 2. The van der Waals surface area contributed by atoms with Crippen molar-refractivity contribution in [1.82, 2.24) is 10.2 Å². The standard InChI is InChI=1S/C16H28N2O3/c1-16(2)8-3-11-18(14(16)15(20)21)13(19)5-4-12-6-9-17-10-7-12/h12,14,17H,3-11H2,1-2H3,(H,20,21). The summed E-state index contributed by atoms with van der Waals surface area (Å²) in [6, 6.07) is -0.674. The van der Waals surface area contributed by atoms with Gasteiger partial charge in [0, 0.05) is 13.0 Å². The number of hydrogen-bond donors (Lipinski definition) is 2. The monoisotopic (exact) mass is 296 g/mol. The minimum absolute atomic E-state index is 0.0220. The molecule has 2 heterocycles. The molecule has 0 aromatic heterocycles. The first kappa shape index (κ1) is 16.3. The summed E-state index contributed by atoms with van der Waals surface area (Å²) in [5.74, 6) is -0.236. The van der Waals surface area contributed by atoms with Crippen molar-refractivity contribution in [3.63, 3.8) is 0 Å². The van der Waals surface area contributed by atoms with Crippen molar-refractivity contribution in [2.24, 2.45) is 11.3 Å². The summed E-state index contributed by atoms with van der Waals surface area (Å²) in [5, 5.41) is 12.8. The number of carbonyl (C=O) groups excluding carboxylic acids is 1. The largest absolute Gasteiger partial charge is 0.480 e. The van der Waals surface area contributed by atoms with Gasteiger partial charge in [0.25, 0.3) is 0 Å². The molecule has 0 spiro atoms. The Hall–Kier alpha value is -1.10. The van der Waals surface area contributed by atoms with Crippen LogP contribution in [0, 0.1) is 11.3 Å². The highest BCUT2D eigenvalue weighted by Gasteiger charge is 2.44. The van der Waals surface area contributed by atoms with Gasteiger partial charge in [-0.3, -0.25) is 4.79 Å². The molecule has 5 nitrogen and oxygen atoms in total. The zero-order chi connectivity index (χ0) is 15.5. The molecule has 2 aliphatic rings. The SMILES string of the molecule is CC1(C)CCCN(C(=O)CCC2CCNCC2)C1C(=O)O. The van der Waals surface area contributed by atoms with E-state index in [-0.39, 0.29) is 11.3 Å². The third kappa shape index (κ3) is 3.96. The molecule has 2 rings (SSSR count). The van der Waals surface area contributed by atoms with Crippen molar-refractivity contribution in [2.75, 3.05) is 19.6 Å². The van der Waals surface area contributed by atoms with Gasteiger partial charge in [-0.1, -0.05) is 13.8 Å². The van der Waals surface area contributed by atoms with Gasteiger partial charge in [0.2, 0.25) is 5.91 Å². The highest BCUT2D eigenvalue weighted by atomic mass is 16.4. The molecule has 2 fully saturated rings. The number of nitrogens with one attached hydrogen (secondary N) is 1. The summed E-state index contributed by atoms with van der Waals surface area (Å²) in [4.78, 5) is 25.7. The lowest BCUT2D eigenvalue weighted by molar-refractivity contribution is -0.159. The number of rotatable bonds is 4. The quantitative estimate of drug-likeness (QED) is 0.831. The van der Waals surface area contributed by atoms with Crippen LogP contribution in [0.2, 0.25) is 0 Å². The smallest absolute Gasteiger partial charge is 0.326 e. The van der Waals surface area contributed by atoms with Crippen LogP contribution >= 0.6 is 0 Å². The predicted octanol–water partition coefficient (Wildman–Crippen LogP) is 1.87. The molecule has 21 heavy (non-hydrogen) atoms. The fraction of sp³-hybridized carbons (Fsp3) is 0.875. The van der Waals surface area contributed by atoms with Gasteiger partial charge in [-0.2, -0.15) is 0 Å². The van der Waals surface area contributed by atoms with Gasteiger partial charge in [0.1, 0.15) is 6.04 Å². The van der Waals surface area contributed by atoms with Crippen LogP contribution in [0.4, 0.5) is 0 Å².